The summed E-state index contributed by atoms with van der Waals surface area (Å²) in [7, 11) is 8.15. The summed E-state index contributed by atoms with van der Waals surface area (Å²) in [5.74, 6) is 0. The fourth-order valence-electron chi connectivity index (χ4n) is 0. The molecule has 3 atom stereocenters. The van der Waals surface area contributed by atoms with Crippen LogP contribution in [0.1, 0.15) is 62.3 Å². The number of rotatable bonds is 0. The van der Waals surface area contributed by atoms with Gasteiger partial charge in [-0.2, -0.15) is 0 Å². The minimum atomic E-state index is 0. The Kier molecular flexibility index (Phi) is 32.8. The molecule has 0 N–H and O–H groups in total. The third-order valence-electron chi connectivity index (χ3n) is 0. The van der Waals surface area contributed by atoms with Crippen LogP contribution in [-0.4, -0.2) is 15.5 Å². The van der Waals surface area contributed by atoms with Gasteiger partial charge < -0.3 is 0 Å². The fraction of sp³-hybridized carbons (Fsp3) is 1.00. The minimum Gasteiger partial charge on any atom is -0.147 e. The zero-order chi connectivity index (χ0) is 13.5. The van der Waals surface area contributed by atoms with Crippen molar-refractivity contribution in [2.24, 2.45) is 0 Å². The summed E-state index contributed by atoms with van der Waals surface area (Å²) in [6.07, 6.45) is 0. The van der Waals surface area contributed by atoms with E-state index in [9.17, 15) is 0 Å². The molecule has 0 radical (unpaired) electrons. The predicted octanol–water partition coefficient (Wildman–Crippen LogP) is 5.82. The summed E-state index contributed by atoms with van der Waals surface area (Å²) in [5.41, 5.74) is 0. The van der Waals surface area contributed by atoms with Crippen LogP contribution in [0.15, 0.2) is 0 Å². The average molecular weight is 450 g/mol. The van der Waals surface area contributed by atoms with Crippen molar-refractivity contribution < 1.29 is 20.4 Å². The first-order valence-corrected chi connectivity index (χ1v) is 7.10. The van der Waals surface area contributed by atoms with Crippen LogP contribution >= 0.6 is 52.5 Å². The molecule has 0 heterocycles. The predicted molar refractivity (Wildman–Crippen MR) is 103 cm³/mol. The van der Waals surface area contributed by atoms with Crippen LogP contribution < -0.4 is 0 Å². The van der Waals surface area contributed by atoms with E-state index in [1.165, 1.54) is 0 Å². The van der Waals surface area contributed by atoms with Crippen LogP contribution in [-0.2, 0) is 20.4 Å². The van der Waals surface area contributed by atoms with Crippen molar-refractivity contribution in [2.75, 3.05) is 0 Å². The fourth-order valence-corrected chi connectivity index (χ4v) is 0. The van der Waals surface area contributed by atoms with E-state index in [0.717, 1.165) is 0 Å². The van der Waals surface area contributed by atoms with Gasteiger partial charge in [-0.1, -0.05) is 62.3 Å². The van der Waals surface area contributed by atoms with E-state index < -0.39 is 0 Å². The van der Waals surface area contributed by atoms with E-state index in [-0.39, 0.29) is 45.2 Å². The van der Waals surface area contributed by atoms with E-state index in [4.69, 9.17) is 0 Å². The SMILES string of the molecule is CC(C)(C)P.CC(C)(C)P.CC(C)(C)P.Cl.Cl.[Pd]. The van der Waals surface area contributed by atoms with E-state index in [1.807, 2.05) is 0 Å². The van der Waals surface area contributed by atoms with Crippen LogP contribution in [0.4, 0.5) is 0 Å². The molecule has 0 aliphatic rings. The molecule has 122 valence electrons. The van der Waals surface area contributed by atoms with Crippen molar-refractivity contribution in [3.05, 3.63) is 0 Å². The molecule has 0 aromatic rings. The molecule has 0 rings (SSSR count). The second-order valence-corrected chi connectivity index (χ2v) is 12.3. The van der Waals surface area contributed by atoms with Gasteiger partial charge in [0, 0.05) is 20.4 Å². The zero-order valence-corrected chi connectivity index (χ0v) is 20.0. The van der Waals surface area contributed by atoms with Crippen molar-refractivity contribution in [1.29, 1.82) is 0 Å². The molecular formula is C12H35Cl2P3Pd. The number of halogens is 2. The Labute approximate surface area is 150 Å². The van der Waals surface area contributed by atoms with Gasteiger partial charge in [0.2, 0.25) is 0 Å². The van der Waals surface area contributed by atoms with Gasteiger partial charge in [-0.15, -0.1) is 52.5 Å². The molecule has 3 unspecified atom stereocenters. The third-order valence-corrected chi connectivity index (χ3v) is 0. The van der Waals surface area contributed by atoms with E-state index in [0.29, 0.717) is 15.5 Å². The molecule has 0 amide bonds. The maximum Gasteiger partial charge on any atom is 0 e. The molecule has 18 heavy (non-hydrogen) atoms. The van der Waals surface area contributed by atoms with E-state index in [2.05, 4.69) is 90.0 Å². The summed E-state index contributed by atoms with van der Waals surface area (Å²) in [4.78, 5) is 0. The first-order chi connectivity index (χ1) is 6.00. The maximum absolute atomic E-state index is 2.72. The van der Waals surface area contributed by atoms with Crippen molar-refractivity contribution in [1.82, 2.24) is 0 Å². The van der Waals surface area contributed by atoms with Gasteiger partial charge >= 0.3 is 0 Å². The standard InChI is InChI=1S/3C4H11P.2ClH.Pd/c3*1-4(2,3)5;;;/h3*5H2,1-3H3;2*1H;. The Bertz CT molecular complexity index is 100. The Hall–Kier alpha value is 2.53. The maximum atomic E-state index is 2.72. The van der Waals surface area contributed by atoms with Gasteiger partial charge in [0.15, 0.2) is 0 Å². The second kappa shape index (κ2) is 15.9. The third kappa shape index (κ3) is 888. The molecule has 0 fully saturated rings. The first kappa shape index (κ1) is 37.1. The average Bonchev–Trinajstić information content (AvgIpc) is 1.41. The molecule has 0 spiro atoms. The molecule has 6 heteroatoms. The van der Waals surface area contributed by atoms with Gasteiger partial charge in [-0.3, -0.25) is 0 Å². The van der Waals surface area contributed by atoms with E-state index >= 15 is 0 Å². The number of hydrogen-bond donors (Lipinski definition) is 0. The van der Waals surface area contributed by atoms with Gasteiger partial charge in [-0.05, 0) is 15.5 Å². The van der Waals surface area contributed by atoms with Crippen molar-refractivity contribution in [2.45, 2.75) is 77.8 Å². The molecule has 0 saturated heterocycles. The Balaban J connectivity index is -0.0000000277. The Morgan fingerprint density at radius 3 is 0.444 bits per heavy atom. The van der Waals surface area contributed by atoms with Gasteiger partial charge in [0.1, 0.15) is 0 Å². The number of hydrogen-bond acceptors (Lipinski definition) is 0. The van der Waals surface area contributed by atoms with Crippen molar-refractivity contribution in [3.63, 3.8) is 0 Å². The molecule has 0 nitrogen and oxygen atoms in total. The first-order valence-electron chi connectivity index (χ1n) is 5.37. The quantitative estimate of drug-likeness (QED) is 0.323. The van der Waals surface area contributed by atoms with Gasteiger partial charge in [0.25, 0.3) is 0 Å². The molecule has 0 aromatic heterocycles. The summed E-state index contributed by atoms with van der Waals surface area (Å²) >= 11 is 0. The van der Waals surface area contributed by atoms with Gasteiger partial charge in [0.05, 0.1) is 0 Å². The Morgan fingerprint density at radius 2 is 0.444 bits per heavy atom. The summed E-state index contributed by atoms with van der Waals surface area (Å²) in [5, 5.41) is 1.25. The molecule has 0 aromatic carbocycles. The Morgan fingerprint density at radius 1 is 0.444 bits per heavy atom. The smallest absolute Gasteiger partial charge is 0 e. The molecule has 0 aliphatic heterocycles. The monoisotopic (exact) mass is 448 g/mol. The summed E-state index contributed by atoms with van der Waals surface area (Å²) in [6, 6.07) is 0. The largest absolute Gasteiger partial charge is 0.147 e. The van der Waals surface area contributed by atoms with Crippen LogP contribution in [0.3, 0.4) is 0 Å². The second-order valence-electron chi connectivity index (χ2n) is 7.10. The van der Waals surface area contributed by atoms with E-state index in [1.54, 1.807) is 0 Å². The van der Waals surface area contributed by atoms with Gasteiger partial charge in [-0.25, -0.2) is 0 Å². The minimum absolute atomic E-state index is 0. The molecule has 0 bridgehead atoms. The van der Waals surface area contributed by atoms with Crippen LogP contribution in [0.2, 0.25) is 0 Å². The normalized spacial score (nSPS) is 10.0. The molecule has 0 aliphatic carbocycles. The topological polar surface area (TPSA) is 0 Å². The van der Waals surface area contributed by atoms with Crippen LogP contribution in [0.5, 0.6) is 0 Å². The molecular weight excluding hydrogens is 414 g/mol. The van der Waals surface area contributed by atoms with Crippen molar-refractivity contribution >= 4 is 52.5 Å². The summed E-state index contributed by atoms with van der Waals surface area (Å²) < 4.78 is 0. The van der Waals surface area contributed by atoms with Crippen molar-refractivity contribution in [3.8, 4) is 0 Å². The van der Waals surface area contributed by atoms with Crippen LogP contribution in [0, 0.1) is 0 Å². The zero-order valence-electron chi connectivity index (χ0n) is 13.4. The summed E-state index contributed by atoms with van der Waals surface area (Å²) in [6.45, 7) is 19.4. The van der Waals surface area contributed by atoms with Crippen LogP contribution in [0.25, 0.3) is 0 Å². The molecule has 0 saturated carbocycles.